The van der Waals surface area contributed by atoms with Crippen molar-refractivity contribution in [2.45, 2.75) is 65.0 Å². The molecule has 0 aromatic carbocycles. The van der Waals surface area contributed by atoms with Gasteiger partial charge in [0.05, 0.1) is 19.6 Å². The van der Waals surface area contributed by atoms with Crippen LogP contribution in [0.15, 0.2) is 0 Å². The molecule has 25 heavy (non-hydrogen) atoms. The van der Waals surface area contributed by atoms with Gasteiger partial charge < -0.3 is 9.47 Å². The van der Waals surface area contributed by atoms with E-state index < -0.39 is 33.7 Å². The molecular weight excluding hydrogens is 359 g/mol. The van der Waals surface area contributed by atoms with E-state index in [-0.39, 0.29) is 42.8 Å². The third kappa shape index (κ3) is 14.7. The predicted octanol–water partition coefficient (Wildman–Crippen LogP) is 2.21. The first-order valence-corrected chi connectivity index (χ1v) is 9.83. The van der Waals surface area contributed by atoms with Crippen molar-refractivity contribution in [3.05, 3.63) is 0 Å². The molecule has 0 aliphatic rings. The fraction of sp³-hybridized carbons (Fsp3) is 0.875. The van der Waals surface area contributed by atoms with Crippen LogP contribution in [0.25, 0.3) is 0 Å². The first-order chi connectivity index (χ1) is 11.0. The van der Waals surface area contributed by atoms with Crippen molar-refractivity contribution in [3.63, 3.8) is 0 Å². The third-order valence-corrected chi connectivity index (χ3v) is 4.41. The molecule has 0 amide bonds. The molecule has 0 aromatic heterocycles. The maximum Gasteiger partial charge on any atom is 0.327 e. The molecule has 1 atom stereocenters. The summed E-state index contributed by atoms with van der Waals surface area (Å²) in [6.07, 6.45) is 2.18. The molecule has 0 heterocycles. The molecule has 0 rings (SSSR count). The van der Waals surface area contributed by atoms with Gasteiger partial charge in [-0.3, -0.25) is 14.1 Å². The van der Waals surface area contributed by atoms with E-state index >= 15 is 0 Å². The van der Waals surface area contributed by atoms with Gasteiger partial charge in [-0.25, -0.2) is 0 Å². The van der Waals surface area contributed by atoms with Crippen LogP contribution in [0.1, 0.15) is 59.8 Å². The van der Waals surface area contributed by atoms with Gasteiger partial charge in [-0.2, -0.15) is 8.42 Å². The van der Waals surface area contributed by atoms with Gasteiger partial charge in [0.25, 0.3) is 10.1 Å². The average Bonchev–Trinajstić information content (AvgIpc) is 2.43. The van der Waals surface area contributed by atoms with Crippen molar-refractivity contribution < 1.29 is 32.0 Å². The summed E-state index contributed by atoms with van der Waals surface area (Å²) in [5.74, 6) is -1.07. The van der Waals surface area contributed by atoms with E-state index in [1.807, 2.05) is 27.7 Å². The minimum absolute atomic E-state index is 0. The topological polar surface area (TPSA) is 107 Å². The van der Waals surface area contributed by atoms with E-state index in [4.69, 9.17) is 14.0 Å². The third-order valence-electron chi connectivity index (χ3n) is 3.33. The van der Waals surface area contributed by atoms with E-state index in [0.29, 0.717) is 24.7 Å². The first-order valence-electron chi connectivity index (χ1n) is 8.32. The Morgan fingerprint density at radius 3 is 1.76 bits per heavy atom. The first kappa shape index (κ1) is 27.1. The van der Waals surface area contributed by atoms with Gasteiger partial charge in [0.15, 0.2) is 5.25 Å². The van der Waals surface area contributed by atoms with E-state index in [0.717, 1.165) is 12.8 Å². The molecule has 1 unspecified atom stereocenters. The Balaban J connectivity index is 0. The normalized spacial score (nSPS) is 12.6. The number of hydrogen-bond donors (Lipinski definition) is 1. The fourth-order valence-electron chi connectivity index (χ4n) is 1.96. The quantitative estimate of drug-likeness (QED) is 0.236. The standard InChI is InChI=1S/C16H30O7S.Na/c1-12(2)7-5-9-22-15(17)11-14(24(19,20)21)16(18)23-10-6-8-13(3)4;/h12-14H,5-11H2,1-4H3,(H,19,20,21);. The summed E-state index contributed by atoms with van der Waals surface area (Å²) in [6.45, 7) is 8.29. The van der Waals surface area contributed by atoms with Gasteiger partial charge in [0.1, 0.15) is 0 Å². The van der Waals surface area contributed by atoms with Gasteiger partial charge in [-0.05, 0) is 37.5 Å². The zero-order valence-corrected chi connectivity index (χ0v) is 18.8. The summed E-state index contributed by atoms with van der Waals surface area (Å²) >= 11 is 0. The van der Waals surface area contributed by atoms with Gasteiger partial charge >= 0.3 is 11.9 Å². The fourth-order valence-corrected chi connectivity index (χ4v) is 2.61. The van der Waals surface area contributed by atoms with Crippen molar-refractivity contribution in [2.75, 3.05) is 13.2 Å². The van der Waals surface area contributed by atoms with Crippen molar-refractivity contribution in [2.24, 2.45) is 11.8 Å². The van der Waals surface area contributed by atoms with E-state index in [1.165, 1.54) is 0 Å². The van der Waals surface area contributed by atoms with Crippen LogP contribution in [0.4, 0.5) is 0 Å². The Morgan fingerprint density at radius 2 is 1.36 bits per heavy atom. The Hall–Kier alpha value is -0.150. The number of carbonyl (C=O) groups is 2. The molecule has 143 valence electrons. The van der Waals surface area contributed by atoms with Crippen LogP contribution in [-0.2, 0) is 29.2 Å². The molecule has 0 aliphatic carbocycles. The molecule has 1 N–H and O–H groups in total. The molecule has 0 saturated carbocycles. The number of esters is 2. The molecule has 0 aliphatic heterocycles. The van der Waals surface area contributed by atoms with Crippen LogP contribution in [0.5, 0.6) is 0 Å². The van der Waals surface area contributed by atoms with Crippen LogP contribution >= 0.6 is 0 Å². The molecule has 0 saturated heterocycles. The van der Waals surface area contributed by atoms with Crippen LogP contribution in [-0.4, -0.2) is 72.9 Å². The molecule has 0 spiro atoms. The Bertz CT molecular complexity index is 489. The second-order valence-corrected chi connectivity index (χ2v) is 8.27. The predicted molar refractivity (Wildman–Crippen MR) is 95.8 cm³/mol. The average molecular weight is 389 g/mol. The van der Waals surface area contributed by atoms with Crippen molar-refractivity contribution in [1.29, 1.82) is 0 Å². The Labute approximate surface area is 173 Å². The monoisotopic (exact) mass is 389 g/mol. The van der Waals surface area contributed by atoms with Crippen LogP contribution in [0.2, 0.25) is 0 Å². The summed E-state index contributed by atoms with van der Waals surface area (Å²) in [6, 6.07) is 0. The van der Waals surface area contributed by atoms with Gasteiger partial charge in [-0.1, -0.05) is 27.7 Å². The van der Waals surface area contributed by atoms with Gasteiger partial charge in [0, 0.05) is 29.6 Å². The van der Waals surface area contributed by atoms with E-state index in [9.17, 15) is 18.0 Å². The molecule has 7 nitrogen and oxygen atoms in total. The number of rotatable bonds is 12. The van der Waals surface area contributed by atoms with E-state index in [2.05, 4.69) is 0 Å². The minimum Gasteiger partial charge on any atom is -0.466 e. The second kappa shape index (κ2) is 14.0. The minimum atomic E-state index is -4.73. The molecular formula is C16H30NaO7S. The SMILES string of the molecule is CC(C)CCCOC(=O)CC(C(=O)OCCCC(C)C)S(=O)(=O)O.[Na]. The largest absolute Gasteiger partial charge is 0.466 e. The van der Waals surface area contributed by atoms with Gasteiger partial charge in [0.2, 0.25) is 0 Å². The maximum absolute atomic E-state index is 11.8. The number of carbonyl (C=O) groups excluding carboxylic acids is 2. The molecule has 0 bridgehead atoms. The summed E-state index contributed by atoms with van der Waals surface area (Å²) in [4.78, 5) is 23.5. The number of ether oxygens (including phenoxy) is 2. The number of hydrogen-bond acceptors (Lipinski definition) is 6. The van der Waals surface area contributed by atoms with E-state index in [1.54, 1.807) is 0 Å². The Morgan fingerprint density at radius 1 is 0.920 bits per heavy atom. The zero-order chi connectivity index (χ0) is 18.8. The van der Waals surface area contributed by atoms with Crippen molar-refractivity contribution >= 4 is 51.6 Å². The van der Waals surface area contributed by atoms with Crippen LogP contribution < -0.4 is 0 Å². The smallest absolute Gasteiger partial charge is 0.327 e. The summed E-state index contributed by atoms with van der Waals surface area (Å²) in [7, 11) is -4.73. The Kier molecular flexibility index (Phi) is 15.1. The molecule has 0 aromatic rings. The van der Waals surface area contributed by atoms with Crippen molar-refractivity contribution in [1.82, 2.24) is 0 Å². The van der Waals surface area contributed by atoms with Crippen LogP contribution in [0.3, 0.4) is 0 Å². The van der Waals surface area contributed by atoms with Gasteiger partial charge in [-0.15, -0.1) is 0 Å². The maximum atomic E-state index is 11.8. The summed E-state index contributed by atoms with van der Waals surface area (Å²) in [5, 5.41) is -1.94. The van der Waals surface area contributed by atoms with Crippen molar-refractivity contribution in [3.8, 4) is 0 Å². The zero-order valence-electron chi connectivity index (χ0n) is 16.0. The molecule has 0 fully saturated rings. The summed E-state index contributed by atoms with van der Waals surface area (Å²) < 4.78 is 41.5. The summed E-state index contributed by atoms with van der Waals surface area (Å²) in [5.41, 5.74) is 0. The van der Waals surface area contributed by atoms with Crippen LogP contribution in [0, 0.1) is 11.8 Å². The molecule has 9 heteroatoms. The second-order valence-electron chi connectivity index (χ2n) is 6.67. The molecule has 1 radical (unpaired) electrons.